The van der Waals surface area contributed by atoms with Crippen LogP contribution in [0.15, 0.2) is 58.5 Å². The minimum absolute atomic E-state index is 0.0111. The fraction of sp³-hybridized carbons (Fsp3) is 0.379. The molecule has 0 aliphatic carbocycles. The highest BCUT2D eigenvalue weighted by atomic mass is 19.4. The number of halogens is 3. The Hall–Kier alpha value is -4.41. The molecule has 42 heavy (non-hydrogen) atoms. The molecule has 2 aliphatic heterocycles. The van der Waals surface area contributed by atoms with Crippen molar-refractivity contribution in [2.45, 2.75) is 25.6 Å². The number of nitriles is 1. The van der Waals surface area contributed by atoms with E-state index in [1.54, 1.807) is 25.1 Å². The molecule has 3 aromatic rings. The molecule has 1 saturated heterocycles. The van der Waals surface area contributed by atoms with Gasteiger partial charge in [0.05, 0.1) is 56.7 Å². The van der Waals surface area contributed by atoms with E-state index in [9.17, 15) is 28.0 Å². The Morgan fingerprint density at radius 1 is 1.24 bits per heavy atom. The third-order valence-corrected chi connectivity index (χ3v) is 8.02. The number of ether oxygens (including phenoxy) is 2. The number of H-pyrrole nitrogens is 1. The van der Waals surface area contributed by atoms with E-state index in [0.717, 1.165) is 41.8 Å². The Morgan fingerprint density at radius 3 is 2.64 bits per heavy atom. The second-order valence-corrected chi connectivity index (χ2v) is 10.7. The molecule has 3 heterocycles. The lowest BCUT2D eigenvalue weighted by Crippen LogP contribution is -2.53. The van der Waals surface area contributed by atoms with Crippen molar-refractivity contribution in [2.75, 3.05) is 51.9 Å². The Kier molecular flexibility index (Phi) is 7.70. The van der Waals surface area contributed by atoms with Crippen LogP contribution in [0.25, 0.3) is 0 Å². The van der Waals surface area contributed by atoms with Gasteiger partial charge < -0.3 is 14.0 Å². The summed E-state index contributed by atoms with van der Waals surface area (Å²) in [6.07, 6.45) is -4.08. The van der Waals surface area contributed by atoms with Gasteiger partial charge in [0.15, 0.2) is 0 Å². The molecule has 220 valence electrons. The number of benzene rings is 2. The van der Waals surface area contributed by atoms with Gasteiger partial charge in [0.2, 0.25) is 5.95 Å². The number of hydrogen-bond acceptors (Lipinski definition) is 7. The maximum Gasteiger partial charge on any atom is 0.416 e. The van der Waals surface area contributed by atoms with Gasteiger partial charge in [-0.15, -0.1) is 5.10 Å². The maximum absolute atomic E-state index is 13.6. The SMILES string of the molecule is COC(=O)C1=C(C)N(c2cccc(C(F)(F)F)c2)c2n[nH]c(=O)n2C1c1ccc(C#N)cc1CC[N+]1(C)CCOCC1. The molecule has 1 aromatic heterocycles. The van der Waals surface area contributed by atoms with Gasteiger partial charge in [-0.2, -0.15) is 18.4 Å². The number of likely N-dealkylation sites (N-methyl/N-ethyl adjacent to an activating group) is 1. The zero-order valence-electron chi connectivity index (χ0n) is 23.4. The summed E-state index contributed by atoms with van der Waals surface area (Å²) in [5.74, 6) is -0.743. The zero-order chi connectivity index (χ0) is 30.2. The molecule has 0 bridgehead atoms. The van der Waals surface area contributed by atoms with Crippen molar-refractivity contribution in [2.24, 2.45) is 0 Å². The topological polar surface area (TPSA) is 113 Å². The Morgan fingerprint density at radius 2 is 1.98 bits per heavy atom. The first-order valence-electron chi connectivity index (χ1n) is 13.3. The van der Waals surface area contributed by atoms with E-state index < -0.39 is 29.4 Å². The highest BCUT2D eigenvalue weighted by Gasteiger charge is 2.41. The number of hydrogen-bond donors (Lipinski definition) is 1. The van der Waals surface area contributed by atoms with Crippen LogP contribution in [0.5, 0.6) is 0 Å². The Balaban J connectivity index is 1.69. The molecule has 1 unspecified atom stereocenters. The van der Waals surface area contributed by atoms with Gasteiger partial charge in [-0.25, -0.2) is 19.3 Å². The van der Waals surface area contributed by atoms with E-state index in [1.807, 2.05) is 0 Å². The summed E-state index contributed by atoms with van der Waals surface area (Å²) in [6, 6.07) is 10.8. The number of methoxy groups -OCH3 is 1. The zero-order valence-corrected chi connectivity index (χ0v) is 23.4. The molecule has 1 N–H and O–H groups in total. The summed E-state index contributed by atoms with van der Waals surface area (Å²) in [4.78, 5) is 28.0. The highest BCUT2D eigenvalue weighted by Crippen LogP contribution is 2.43. The third-order valence-electron chi connectivity index (χ3n) is 8.02. The van der Waals surface area contributed by atoms with Crippen molar-refractivity contribution in [1.29, 1.82) is 5.26 Å². The second-order valence-electron chi connectivity index (χ2n) is 10.7. The molecular formula is C29H30F3N6O4+. The standard InChI is InChI=1S/C29H29F3N6O4/c1-18-24(26(39)41-3)25(23-8-7-19(17-33)15-20(23)9-10-38(2)11-13-42-14-12-38)37-27(34-35-28(37)40)36(18)22-6-4-5-21(16-22)29(30,31)32/h4-8,15-16,25H,9-14H2,1-3H3/p+1. The maximum atomic E-state index is 13.6. The number of carbonyl (C=O) groups is 1. The van der Waals surface area contributed by atoms with Gasteiger partial charge in [0, 0.05) is 17.8 Å². The quantitative estimate of drug-likeness (QED) is 0.348. The molecule has 0 saturated carbocycles. The lowest BCUT2D eigenvalue weighted by molar-refractivity contribution is -0.916. The average Bonchev–Trinajstić information content (AvgIpc) is 3.35. The number of aromatic amines is 1. The van der Waals surface area contributed by atoms with E-state index in [0.29, 0.717) is 30.8 Å². The third kappa shape index (κ3) is 5.31. The van der Waals surface area contributed by atoms with Crippen molar-refractivity contribution in [3.05, 3.63) is 86.5 Å². The average molecular weight is 584 g/mol. The van der Waals surface area contributed by atoms with Crippen molar-refractivity contribution in [3.63, 3.8) is 0 Å². The van der Waals surface area contributed by atoms with Gasteiger partial charge >= 0.3 is 17.8 Å². The van der Waals surface area contributed by atoms with E-state index in [2.05, 4.69) is 23.3 Å². The normalized spacial score (nSPS) is 18.4. The lowest BCUT2D eigenvalue weighted by Gasteiger charge is -2.38. The number of nitrogens with one attached hydrogen (secondary N) is 1. The number of alkyl halides is 3. The second kappa shape index (κ2) is 11.1. The number of anilines is 2. The predicted octanol–water partition coefficient (Wildman–Crippen LogP) is 3.67. The minimum Gasteiger partial charge on any atom is -0.466 e. The number of aromatic nitrogens is 3. The number of quaternary nitrogens is 1. The molecule has 2 aromatic carbocycles. The molecular weight excluding hydrogens is 553 g/mol. The number of morpholine rings is 1. The monoisotopic (exact) mass is 583 g/mol. The summed E-state index contributed by atoms with van der Waals surface area (Å²) in [7, 11) is 3.33. The molecule has 0 spiro atoms. The number of nitrogens with zero attached hydrogens (tertiary/aromatic N) is 5. The van der Waals surface area contributed by atoms with Gasteiger partial charge in [0.25, 0.3) is 0 Å². The van der Waals surface area contributed by atoms with Crippen molar-refractivity contribution >= 4 is 17.6 Å². The first-order chi connectivity index (χ1) is 20.0. The largest absolute Gasteiger partial charge is 0.466 e. The summed E-state index contributed by atoms with van der Waals surface area (Å²) in [5.41, 5.74) is 0.569. The van der Waals surface area contributed by atoms with Crippen LogP contribution >= 0.6 is 0 Å². The van der Waals surface area contributed by atoms with Crippen LogP contribution in [-0.2, 0) is 26.9 Å². The number of carbonyl (C=O) groups excluding carboxylic acids is 1. The van der Waals surface area contributed by atoms with Crippen molar-refractivity contribution in [1.82, 2.24) is 14.8 Å². The number of rotatable bonds is 6. The summed E-state index contributed by atoms with van der Waals surface area (Å²) in [6.45, 7) is 5.21. The molecule has 10 nitrogen and oxygen atoms in total. The van der Waals surface area contributed by atoms with Gasteiger partial charge in [-0.1, -0.05) is 12.1 Å². The first kappa shape index (κ1) is 29.1. The predicted molar refractivity (Wildman–Crippen MR) is 146 cm³/mol. The van der Waals surface area contributed by atoms with Crippen LogP contribution in [0, 0.1) is 11.3 Å². The number of allylic oxidation sites excluding steroid dienone is 1. The van der Waals surface area contributed by atoms with E-state index in [-0.39, 0.29) is 22.9 Å². The van der Waals surface area contributed by atoms with Crippen LogP contribution in [-0.4, -0.2) is 72.2 Å². The van der Waals surface area contributed by atoms with E-state index in [4.69, 9.17) is 9.47 Å². The van der Waals surface area contributed by atoms with E-state index >= 15 is 0 Å². The summed E-state index contributed by atoms with van der Waals surface area (Å²) >= 11 is 0. The van der Waals surface area contributed by atoms with Gasteiger partial charge in [0.1, 0.15) is 19.1 Å². The van der Waals surface area contributed by atoms with Crippen molar-refractivity contribution < 1.29 is 31.9 Å². The van der Waals surface area contributed by atoms with E-state index in [1.165, 1.54) is 28.7 Å². The smallest absolute Gasteiger partial charge is 0.416 e. The summed E-state index contributed by atoms with van der Waals surface area (Å²) < 4.78 is 53.5. The van der Waals surface area contributed by atoms with Crippen LogP contribution in [0.1, 0.15) is 35.2 Å². The molecule has 0 radical (unpaired) electrons. The van der Waals surface area contributed by atoms with Crippen LogP contribution in [0.3, 0.4) is 0 Å². The molecule has 1 fully saturated rings. The number of fused-ring (bicyclic) bond motifs is 1. The first-order valence-corrected chi connectivity index (χ1v) is 13.3. The molecule has 1 atom stereocenters. The molecule has 2 aliphatic rings. The lowest BCUT2D eigenvalue weighted by atomic mass is 9.88. The van der Waals surface area contributed by atoms with Crippen LogP contribution in [0.4, 0.5) is 24.8 Å². The Labute approximate surface area is 239 Å². The summed E-state index contributed by atoms with van der Waals surface area (Å²) in [5, 5.41) is 16.2. The van der Waals surface area contributed by atoms with Gasteiger partial charge in [-0.3, -0.25) is 4.90 Å². The van der Waals surface area contributed by atoms with Gasteiger partial charge in [-0.05, 0) is 48.4 Å². The Bertz CT molecular complexity index is 1650. The fourth-order valence-electron chi connectivity index (χ4n) is 5.63. The molecule has 13 heteroatoms. The fourth-order valence-corrected chi connectivity index (χ4v) is 5.63. The number of esters is 1. The molecule has 5 rings (SSSR count). The molecule has 0 amide bonds. The highest BCUT2D eigenvalue weighted by molar-refractivity contribution is 5.93. The van der Waals surface area contributed by atoms with Crippen LogP contribution < -0.4 is 10.6 Å². The minimum atomic E-state index is -4.61. The van der Waals surface area contributed by atoms with Crippen molar-refractivity contribution in [3.8, 4) is 6.07 Å². The van der Waals surface area contributed by atoms with Crippen LogP contribution in [0.2, 0.25) is 0 Å².